The second-order valence-electron chi connectivity index (χ2n) is 9.81. The van der Waals surface area contributed by atoms with Crippen molar-refractivity contribution < 1.29 is 9.52 Å². The van der Waals surface area contributed by atoms with Crippen molar-refractivity contribution in [2.75, 3.05) is 13.1 Å². The van der Waals surface area contributed by atoms with Crippen LogP contribution in [-0.2, 0) is 13.1 Å². The van der Waals surface area contributed by atoms with E-state index in [-0.39, 0.29) is 17.2 Å². The number of phenolic OH excluding ortho intramolecular Hbond substituents is 1. The van der Waals surface area contributed by atoms with Gasteiger partial charge in [-0.3, -0.25) is 9.69 Å². The van der Waals surface area contributed by atoms with E-state index in [2.05, 4.69) is 9.88 Å². The van der Waals surface area contributed by atoms with Gasteiger partial charge in [-0.2, -0.15) is 0 Å². The Morgan fingerprint density at radius 1 is 1.03 bits per heavy atom. The summed E-state index contributed by atoms with van der Waals surface area (Å²) in [4.78, 5) is 32.3. The zero-order valence-corrected chi connectivity index (χ0v) is 20.2. The number of rotatable bonds is 3. The lowest BCUT2D eigenvalue weighted by Gasteiger charge is -2.42. The van der Waals surface area contributed by atoms with Crippen molar-refractivity contribution in [3.8, 4) is 16.3 Å². The van der Waals surface area contributed by atoms with E-state index in [1.54, 1.807) is 18.2 Å². The van der Waals surface area contributed by atoms with Crippen molar-refractivity contribution in [1.82, 2.24) is 14.5 Å². The summed E-state index contributed by atoms with van der Waals surface area (Å²) in [5.74, 6) is 0.748. The fraction of sp³-hybridized carbons (Fsp3) is 0.250. The van der Waals surface area contributed by atoms with Crippen LogP contribution in [0.3, 0.4) is 0 Å². The van der Waals surface area contributed by atoms with E-state index < -0.39 is 5.63 Å². The number of para-hydroxylation sites is 1. The van der Waals surface area contributed by atoms with Crippen LogP contribution in [0.4, 0.5) is 0 Å². The van der Waals surface area contributed by atoms with Gasteiger partial charge in [-0.05, 0) is 48.7 Å². The number of fused-ring (bicyclic) bond motifs is 6. The molecule has 8 heteroatoms. The predicted octanol–water partition coefficient (Wildman–Crippen LogP) is 4.56. The normalized spacial score (nSPS) is 19.6. The van der Waals surface area contributed by atoms with Gasteiger partial charge in [0.15, 0.2) is 0 Å². The summed E-state index contributed by atoms with van der Waals surface area (Å²) in [6.45, 7) is 2.78. The Kier molecular flexibility index (Phi) is 4.87. The molecule has 5 heterocycles. The molecule has 2 aliphatic rings. The lowest BCUT2D eigenvalue weighted by Crippen LogP contribution is -2.46. The van der Waals surface area contributed by atoms with E-state index in [1.165, 1.54) is 11.3 Å². The van der Waals surface area contributed by atoms with Gasteiger partial charge in [0.2, 0.25) is 0 Å². The van der Waals surface area contributed by atoms with E-state index in [0.29, 0.717) is 40.7 Å². The highest BCUT2D eigenvalue weighted by Gasteiger charge is 2.35. The third-order valence-electron chi connectivity index (χ3n) is 7.44. The number of nitrogens with zero attached hydrogens (tertiary/aromatic N) is 3. The number of benzene rings is 2. The molecule has 0 unspecified atom stereocenters. The van der Waals surface area contributed by atoms with Crippen molar-refractivity contribution in [1.29, 1.82) is 0 Å². The lowest BCUT2D eigenvalue weighted by atomic mass is 9.83. The van der Waals surface area contributed by atoms with Crippen molar-refractivity contribution in [2.45, 2.75) is 25.4 Å². The topological polar surface area (TPSA) is 88.6 Å². The first-order valence-corrected chi connectivity index (χ1v) is 12.9. The third kappa shape index (κ3) is 3.48. The molecule has 2 aliphatic heterocycles. The quantitative estimate of drug-likeness (QED) is 0.368. The molecule has 0 aliphatic carbocycles. The zero-order valence-electron chi connectivity index (χ0n) is 19.4. The second-order valence-corrected chi connectivity index (χ2v) is 10.8. The van der Waals surface area contributed by atoms with Crippen LogP contribution in [0.15, 0.2) is 74.7 Å². The summed E-state index contributed by atoms with van der Waals surface area (Å²) < 4.78 is 8.76. The Morgan fingerprint density at radius 2 is 1.92 bits per heavy atom. The van der Waals surface area contributed by atoms with Crippen molar-refractivity contribution >= 4 is 32.5 Å². The third-order valence-corrected chi connectivity index (χ3v) is 8.51. The molecular weight excluding hydrogens is 474 g/mol. The molecule has 2 atom stereocenters. The maximum Gasteiger partial charge on any atom is 0.346 e. The molecule has 0 spiro atoms. The van der Waals surface area contributed by atoms with Crippen LogP contribution in [0, 0.1) is 5.92 Å². The summed E-state index contributed by atoms with van der Waals surface area (Å²) in [6, 6.07) is 18.6. The molecule has 7 nitrogen and oxygen atoms in total. The average molecular weight is 498 g/mol. The largest absolute Gasteiger partial charge is 0.507 e. The van der Waals surface area contributed by atoms with Crippen LogP contribution < -0.4 is 11.2 Å². The average Bonchev–Trinajstić information content (AvgIpc) is 3.30. The summed E-state index contributed by atoms with van der Waals surface area (Å²) in [5, 5.41) is 12.1. The van der Waals surface area contributed by atoms with Gasteiger partial charge < -0.3 is 14.1 Å². The highest BCUT2D eigenvalue weighted by Crippen LogP contribution is 2.38. The molecule has 2 aromatic carbocycles. The number of hydrogen-bond donors (Lipinski definition) is 1. The fourth-order valence-electron chi connectivity index (χ4n) is 5.87. The molecule has 0 saturated carbocycles. The fourth-order valence-corrected chi connectivity index (χ4v) is 6.84. The molecule has 7 rings (SSSR count). The Bertz CT molecular complexity index is 1740. The molecule has 0 amide bonds. The van der Waals surface area contributed by atoms with Crippen LogP contribution >= 0.6 is 11.3 Å². The van der Waals surface area contributed by atoms with Gasteiger partial charge in [0.25, 0.3) is 5.56 Å². The summed E-state index contributed by atoms with van der Waals surface area (Å²) in [6.07, 6.45) is 1.06. The molecule has 3 aromatic heterocycles. The Labute approximate surface area is 209 Å². The summed E-state index contributed by atoms with van der Waals surface area (Å²) >= 11 is 1.46. The van der Waals surface area contributed by atoms with Crippen LogP contribution in [0.2, 0.25) is 0 Å². The molecule has 2 bridgehead atoms. The zero-order chi connectivity index (χ0) is 24.4. The van der Waals surface area contributed by atoms with E-state index >= 15 is 0 Å². The van der Waals surface area contributed by atoms with Gasteiger partial charge in [-0.1, -0.05) is 18.2 Å². The van der Waals surface area contributed by atoms with Crippen molar-refractivity contribution in [3.63, 3.8) is 0 Å². The maximum atomic E-state index is 13.1. The second kappa shape index (κ2) is 8.15. The molecule has 1 fully saturated rings. The van der Waals surface area contributed by atoms with E-state index in [9.17, 15) is 14.7 Å². The lowest BCUT2D eigenvalue weighted by molar-refractivity contribution is 0.113. The standard InChI is InChI=1S/C28H23N3O4S/c32-23-9-8-17-11-19(27-29-21-4-1-2-6-24(21)36-27)28(34)35-26(17)20(23)15-30-12-16-10-18(14-30)22-5-3-7-25(33)31(22)13-16/h1-9,11,16,18,32H,10,12-15H2/t16-,18+/m1/s1. The SMILES string of the molecule is O=c1oc2c(CN3C[C@H]4C[C@@H](C3)c3cccc(=O)n3C4)c(O)ccc2cc1-c1nc2ccccc2s1. The number of phenols is 1. The smallest absolute Gasteiger partial charge is 0.346 e. The summed E-state index contributed by atoms with van der Waals surface area (Å²) in [7, 11) is 0. The van der Waals surface area contributed by atoms with Gasteiger partial charge >= 0.3 is 5.63 Å². The number of hydrogen-bond acceptors (Lipinski definition) is 7. The first-order valence-electron chi connectivity index (χ1n) is 12.1. The number of aromatic hydroxyl groups is 1. The van der Waals surface area contributed by atoms with Crippen molar-refractivity contribution in [3.05, 3.63) is 92.7 Å². The highest BCUT2D eigenvalue weighted by molar-refractivity contribution is 7.21. The number of aromatic nitrogens is 2. The molecule has 5 aromatic rings. The van der Waals surface area contributed by atoms with Crippen LogP contribution in [-0.4, -0.2) is 32.6 Å². The van der Waals surface area contributed by atoms with E-state index in [4.69, 9.17) is 4.42 Å². The van der Waals surface area contributed by atoms with Gasteiger partial charge in [0.1, 0.15) is 16.3 Å². The van der Waals surface area contributed by atoms with Gasteiger partial charge in [-0.15, -0.1) is 11.3 Å². The van der Waals surface area contributed by atoms with Gasteiger partial charge in [0.05, 0.1) is 21.3 Å². The van der Waals surface area contributed by atoms with E-state index in [1.807, 2.05) is 47.0 Å². The molecular formula is C28H23N3O4S. The highest BCUT2D eigenvalue weighted by atomic mass is 32.1. The van der Waals surface area contributed by atoms with Gasteiger partial charge in [0, 0.05) is 49.2 Å². The van der Waals surface area contributed by atoms with E-state index in [0.717, 1.165) is 40.8 Å². The molecule has 0 radical (unpaired) electrons. The van der Waals surface area contributed by atoms with Crippen LogP contribution in [0.25, 0.3) is 31.8 Å². The van der Waals surface area contributed by atoms with Crippen LogP contribution in [0.5, 0.6) is 5.75 Å². The number of thiazole rings is 1. The minimum atomic E-state index is -0.461. The Balaban J connectivity index is 1.24. The molecule has 180 valence electrons. The summed E-state index contributed by atoms with van der Waals surface area (Å²) in [5.41, 5.74) is 2.99. The van der Waals surface area contributed by atoms with Crippen molar-refractivity contribution in [2.24, 2.45) is 5.92 Å². The molecule has 36 heavy (non-hydrogen) atoms. The molecule has 1 saturated heterocycles. The number of pyridine rings is 1. The number of likely N-dealkylation sites (tertiary alicyclic amines) is 1. The maximum absolute atomic E-state index is 13.1. The minimum Gasteiger partial charge on any atom is -0.507 e. The minimum absolute atomic E-state index is 0.0630. The monoisotopic (exact) mass is 497 g/mol. The molecule has 1 N–H and O–H groups in total. The predicted molar refractivity (Wildman–Crippen MR) is 140 cm³/mol. The first-order chi connectivity index (χ1) is 17.5. The first kappa shape index (κ1) is 21.5. The van der Waals surface area contributed by atoms with Gasteiger partial charge in [-0.25, -0.2) is 9.78 Å². The Hall–Kier alpha value is -3.75. The van der Waals surface area contributed by atoms with Crippen LogP contribution in [0.1, 0.15) is 23.6 Å². The number of piperidine rings is 1. The Morgan fingerprint density at radius 3 is 2.81 bits per heavy atom.